The number of aromatic amines is 1. The van der Waals surface area contributed by atoms with Crippen molar-refractivity contribution in [3.63, 3.8) is 0 Å². The number of imidazole rings is 1. The summed E-state index contributed by atoms with van der Waals surface area (Å²) in [6.45, 7) is 6.20. The number of aromatic nitrogens is 3. The number of benzene rings is 1. The summed E-state index contributed by atoms with van der Waals surface area (Å²) in [6.07, 6.45) is 1.75. The first-order valence-corrected chi connectivity index (χ1v) is 9.62. The molecule has 6 nitrogen and oxygen atoms in total. The van der Waals surface area contributed by atoms with Crippen molar-refractivity contribution in [2.45, 2.75) is 0 Å². The van der Waals surface area contributed by atoms with Crippen molar-refractivity contribution < 1.29 is 4.74 Å². The van der Waals surface area contributed by atoms with Crippen molar-refractivity contribution in [1.82, 2.24) is 24.8 Å². The van der Waals surface area contributed by atoms with Gasteiger partial charge >= 0.3 is 0 Å². The molecule has 0 unspecified atom stereocenters. The molecular weight excluding hydrogens is 394 g/mol. The number of hydrogen-bond donors (Lipinski definition) is 1. The zero-order chi connectivity index (χ0) is 17.9. The van der Waals surface area contributed by atoms with Gasteiger partial charge in [0.2, 0.25) is 0 Å². The summed E-state index contributed by atoms with van der Waals surface area (Å²) in [4.78, 5) is 17.0. The normalized spacial score (nSPS) is 16.2. The van der Waals surface area contributed by atoms with Crippen LogP contribution in [0.15, 0.2) is 41.0 Å². The quantitative estimate of drug-likeness (QED) is 0.693. The van der Waals surface area contributed by atoms with Crippen molar-refractivity contribution in [2.24, 2.45) is 0 Å². The Hall–Kier alpha value is -1.96. The van der Waals surface area contributed by atoms with E-state index in [1.165, 1.54) is 0 Å². The Morgan fingerprint density at radius 1 is 1.15 bits per heavy atom. The highest BCUT2D eigenvalue weighted by atomic mass is 79.9. The van der Waals surface area contributed by atoms with E-state index in [0.29, 0.717) is 6.61 Å². The Labute approximate surface area is 161 Å². The van der Waals surface area contributed by atoms with E-state index < -0.39 is 0 Å². The predicted octanol–water partition coefficient (Wildman–Crippen LogP) is 3.01. The first-order valence-electron chi connectivity index (χ1n) is 8.83. The molecule has 136 valence electrons. The van der Waals surface area contributed by atoms with Gasteiger partial charge in [-0.15, -0.1) is 0 Å². The monoisotopic (exact) mass is 415 g/mol. The van der Waals surface area contributed by atoms with Gasteiger partial charge < -0.3 is 14.6 Å². The Kier molecular flexibility index (Phi) is 5.19. The van der Waals surface area contributed by atoms with Crippen molar-refractivity contribution in [3.05, 3.63) is 41.0 Å². The highest BCUT2D eigenvalue weighted by Gasteiger charge is 2.13. The van der Waals surface area contributed by atoms with Crippen LogP contribution in [0.3, 0.4) is 0 Å². The minimum absolute atomic E-state index is 0.714. The third-order valence-corrected chi connectivity index (χ3v) is 5.14. The molecule has 0 atom stereocenters. The van der Waals surface area contributed by atoms with Crippen LogP contribution in [-0.2, 0) is 0 Å². The van der Waals surface area contributed by atoms with Gasteiger partial charge in [-0.1, -0.05) is 0 Å². The number of halogens is 1. The molecule has 4 rings (SSSR count). The molecule has 1 aromatic carbocycles. The maximum Gasteiger partial charge on any atom is 0.178 e. The first-order chi connectivity index (χ1) is 12.7. The zero-order valence-corrected chi connectivity index (χ0v) is 16.4. The van der Waals surface area contributed by atoms with Gasteiger partial charge in [0.25, 0.3) is 0 Å². The number of nitrogens with zero attached hydrogens (tertiary/aromatic N) is 4. The molecule has 3 aromatic rings. The number of hydrogen-bond acceptors (Lipinski definition) is 5. The fourth-order valence-electron chi connectivity index (χ4n) is 3.08. The van der Waals surface area contributed by atoms with E-state index in [4.69, 9.17) is 4.74 Å². The van der Waals surface area contributed by atoms with E-state index in [0.717, 1.165) is 65.5 Å². The van der Waals surface area contributed by atoms with Gasteiger partial charge in [0.05, 0.1) is 5.52 Å². The highest BCUT2D eigenvalue weighted by molar-refractivity contribution is 9.10. The second-order valence-electron chi connectivity index (χ2n) is 6.63. The molecule has 0 bridgehead atoms. The van der Waals surface area contributed by atoms with E-state index in [1.807, 2.05) is 30.3 Å². The smallest absolute Gasteiger partial charge is 0.178 e. The van der Waals surface area contributed by atoms with Crippen LogP contribution in [0.4, 0.5) is 0 Å². The van der Waals surface area contributed by atoms with Gasteiger partial charge in [0, 0.05) is 49.0 Å². The largest absolute Gasteiger partial charge is 0.492 e. The van der Waals surface area contributed by atoms with Crippen molar-refractivity contribution in [1.29, 1.82) is 0 Å². The van der Waals surface area contributed by atoms with Gasteiger partial charge in [-0.25, -0.2) is 9.97 Å². The van der Waals surface area contributed by atoms with Crippen molar-refractivity contribution in [2.75, 3.05) is 46.4 Å². The summed E-state index contributed by atoms with van der Waals surface area (Å²) in [5, 5.41) is 0. The molecular formula is C19H22BrN5O. The van der Waals surface area contributed by atoms with E-state index in [9.17, 15) is 0 Å². The molecule has 1 saturated heterocycles. The molecule has 2 aromatic heterocycles. The van der Waals surface area contributed by atoms with Gasteiger partial charge in [0.15, 0.2) is 5.65 Å². The number of pyridine rings is 1. The molecule has 1 aliphatic heterocycles. The van der Waals surface area contributed by atoms with Crippen LogP contribution in [0.2, 0.25) is 0 Å². The lowest BCUT2D eigenvalue weighted by atomic mass is 10.2. The van der Waals surface area contributed by atoms with E-state index >= 15 is 0 Å². The minimum Gasteiger partial charge on any atom is -0.492 e. The summed E-state index contributed by atoms with van der Waals surface area (Å²) >= 11 is 3.43. The SMILES string of the molecule is CN1CCN(CCOc2ccc(-c3nc4ncc(Br)cc4[nH]3)cc2)CC1. The summed E-state index contributed by atoms with van der Waals surface area (Å²) in [5.74, 6) is 1.70. The van der Waals surface area contributed by atoms with Crippen LogP contribution in [0.25, 0.3) is 22.6 Å². The van der Waals surface area contributed by atoms with Crippen LogP contribution in [0.5, 0.6) is 5.75 Å². The van der Waals surface area contributed by atoms with Crippen LogP contribution < -0.4 is 4.74 Å². The average molecular weight is 416 g/mol. The molecule has 26 heavy (non-hydrogen) atoms. The Morgan fingerprint density at radius 3 is 2.69 bits per heavy atom. The number of piperazine rings is 1. The Morgan fingerprint density at radius 2 is 1.92 bits per heavy atom. The fourth-order valence-corrected chi connectivity index (χ4v) is 3.42. The lowest BCUT2D eigenvalue weighted by Crippen LogP contribution is -2.45. The number of rotatable bonds is 5. The first kappa shape index (κ1) is 17.5. The second kappa shape index (κ2) is 7.73. The van der Waals surface area contributed by atoms with Crippen LogP contribution >= 0.6 is 15.9 Å². The number of fused-ring (bicyclic) bond motifs is 1. The van der Waals surface area contributed by atoms with Gasteiger partial charge in [-0.2, -0.15) is 0 Å². The standard InChI is InChI=1S/C19H22BrN5O/c1-24-6-8-25(9-7-24)10-11-26-16-4-2-14(3-5-16)18-22-17-12-15(20)13-21-19(17)23-18/h2-5,12-13H,6-11H2,1H3,(H,21,22,23). The van der Waals surface area contributed by atoms with E-state index in [-0.39, 0.29) is 0 Å². The third kappa shape index (κ3) is 4.06. The average Bonchev–Trinajstić information content (AvgIpc) is 3.07. The van der Waals surface area contributed by atoms with Crippen molar-refractivity contribution >= 4 is 27.1 Å². The lowest BCUT2D eigenvalue weighted by molar-refractivity contribution is 0.134. The van der Waals surface area contributed by atoms with Gasteiger partial charge in [0.1, 0.15) is 18.2 Å². The number of H-pyrrole nitrogens is 1. The van der Waals surface area contributed by atoms with Crippen molar-refractivity contribution in [3.8, 4) is 17.1 Å². The van der Waals surface area contributed by atoms with Crippen LogP contribution in [0, 0.1) is 0 Å². The molecule has 7 heteroatoms. The van der Waals surface area contributed by atoms with Crippen LogP contribution in [0.1, 0.15) is 0 Å². The molecule has 0 amide bonds. The molecule has 0 radical (unpaired) electrons. The topological polar surface area (TPSA) is 57.3 Å². The molecule has 0 aliphatic carbocycles. The van der Waals surface area contributed by atoms with Gasteiger partial charge in [-0.3, -0.25) is 4.90 Å². The maximum absolute atomic E-state index is 5.90. The second-order valence-corrected chi connectivity index (χ2v) is 7.54. The molecule has 0 spiro atoms. The molecule has 1 N–H and O–H groups in total. The Bertz CT molecular complexity index is 871. The lowest BCUT2D eigenvalue weighted by Gasteiger charge is -2.32. The van der Waals surface area contributed by atoms with Crippen LogP contribution in [-0.4, -0.2) is 71.1 Å². The summed E-state index contributed by atoms with van der Waals surface area (Å²) < 4.78 is 6.83. The van der Waals surface area contributed by atoms with E-state index in [2.05, 4.69) is 47.7 Å². The zero-order valence-electron chi connectivity index (χ0n) is 14.8. The number of nitrogens with one attached hydrogen (secondary N) is 1. The third-order valence-electron chi connectivity index (χ3n) is 4.70. The molecule has 3 heterocycles. The van der Waals surface area contributed by atoms with Gasteiger partial charge in [-0.05, 0) is 53.3 Å². The maximum atomic E-state index is 5.90. The number of ether oxygens (including phenoxy) is 1. The minimum atomic E-state index is 0.714. The van der Waals surface area contributed by atoms with E-state index in [1.54, 1.807) is 6.20 Å². The summed E-state index contributed by atoms with van der Waals surface area (Å²) in [7, 11) is 2.17. The predicted molar refractivity (Wildman–Crippen MR) is 106 cm³/mol. The summed E-state index contributed by atoms with van der Waals surface area (Å²) in [6, 6.07) is 10.0. The summed E-state index contributed by atoms with van der Waals surface area (Å²) in [5.41, 5.74) is 2.66. The highest BCUT2D eigenvalue weighted by Crippen LogP contribution is 2.23. The molecule has 1 aliphatic rings. The fraction of sp³-hybridized carbons (Fsp3) is 0.368. The molecule has 1 fully saturated rings. The molecule has 0 saturated carbocycles. The Balaban J connectivity index is 1.35. The number of likely N-dealkylation sites (N-methyl/N-ethyl adjacent to an activating group) is 1.